The number of hydrogen-bond donors (Lipinski definition) is 5. The van der Waals surface area contributed by atoms with Crippen LogP contribution < -0.4 is 17.2 Å². The molecule has 34 heavy (non-hydrogen) atoms. The van der Waals surface area contributed by atoms with E-state index in [2.05, 4.69) is 9.97 Å². The molecule has 0 aliphatic rings. The van der Waals surface area contributed by atoms with Crippen LogP contribution >= 0.6 is 0 Å². The van der Waals surface area contributed by atoms with Gasteiger partial charge in [-0.15, -0.1) is 0 Å². The zero-order valence-corrected chi connectivity index (χ0v) is 20.6. The Bertz CT molecular complexity index is 716. The number of carbonyl (C=O) groups is 4. The van der Waals surface area contributed by atoms with Crippen LogP contribution in [0.1, 0.15) is 74.4 Å². The molecule has 0 spiro atoms. The van der Waals surface area contributed by atoms with Crippen molar-refractivity contribution in [3.63, 3.8) is 0 Å². The SMILES string of the molecule is CCC(CCN)C(=O)O.CCC(CCN)C(=O)O.CCN(CC)C(=O)c1cnc(C(N)=O)cn1. The monoisotopic (exact) mass is 484 g/mol. The third-order valence-corrected chi connectivity index (χ3v) is 4.89. The number of carboxylic acid groups (broad SMARTS) is 2. The molecule has 2 amide bonds. The van der Waals surface area contributed by atoms with Crippen molar-refractivity contribution in [1.82, 2.24) is 14.9 Å². The topological polar surface area (TPSA) is 216 Å². The molecule has 1 aromatic heterocycles. The van der Waals surface area contributed by atoms with Gasteiger partial charge in [0.1, 0.15) is 11.4 Å². The Hall–Kier alpha value is -3.12. The number of nitrogens with two attached hydrogens (primary N) is 3. The average Bonchev–Trinajstić information content (AvgIpc) is 2.82. The number of aromatic nitrogens is 2. The van der Waals surface area contributed by atoms with Crippen molar-refractivity contribution in [1.29, 1.82) is 0 Å². The lowest BCUT2D eigenvalue weighted by Crippen LogP contribution is -2.31. The first-order chi connectivity index (χ1) is 16.0. The molecule has 0 aromatic carbocycles. The van der Waals surface area contributed by atoms with Crippen molar-refractivity contribution >= 4 is 23.8 Å². The number of carbonyl (C=O) groups excluding carboxylic acids is 2. The van der Waals surface area contributed by atoms with Gasteiger partial charge in [0.05, 0.1) is 24.2 Å². The minimum absolute atomic E-state index is 0.0519. The fourth-order valence-corrected chi connectivity index (χ4v) is 2.65. The van der Waals surface area contributed by atoms with Gasteiger partial charge in [-0.2, -0.15) is 0 Å². The second-order valence-electron chi connectivity index (χ2n) is 7.17. The molecule has 0 aliphatic carbocycles. The number of amides is 2. The second kappa shape index (κ2) is 19.4. The third kappa shape index (κ3) is 13.4. The smallest absolute Gasteiger partial charge is 0.306 e. The molecule has 1 heterocycles. The molecule has 1 aromatic rings. The molecule has 2 atom stereocenters. The number of nitrogens with zero attached hydrogens (tertiary/aromatic N) is 3. The van der Waals surface area contributed by atoms with Crippen molar-refractivity contribution in [2.24, 2.45) is 29.0 Å². The summed E-state index contributed by atoms with van der Waals surface area (Å²) in [6, 6.07) is 0. The number of rotatable bonds is 12. The summed E-state index contributed by atoms with van der Waals surface area (Å²) in [4.78, 5) is 52.3. The fourth-order valence-electron chi connectivity index (χ4n) is 2.65. The number of aliphatic carboxylic acids is 2. The molecule has 12 nitrogen and oxygen atoms in total. The minimum atomic E-state index is -0.733. The fraction of sp³-hybridized carbons (Fsp3) is 0.636. The van der Waals surface area contributed by atoms with Crippen molar-refractivity contribution < 1.29 is 29.4 Å². The van der Waals surface area contributed by atoms with E-state index >= 15 is 0 Å². The lowest BCUT2D eigenvalue weighted by Gasteiger charge is -2.17. The summed E-state index contributed by atoms with van der Waals surface area (Å²) >= 11 is 0. The van der Waals surface area contributed by atoms with Gasteiger partial charge in [0.2, 0.25) is 0 Å². The summed E-state index contributed by atoms with van der Waals surface area (Å²) in [5.74, 6) is -2.81. The first-order valence-corrected chi connectivity index (χ1v) is 11.3. The predicted octanol–water partition coefficient (Wildman–Crippen LogP) is 0.950. The van der Waals surface area contributed by atoms with Crippen LogP contribution in [0.4, 0.5) is 0 Å². The third-order valence-electron chi connectivity index (χ3n) is 4.89. The molecular weight excluding hydrogens is 444 g/mol. The Balaban J connectivity index is 0. The van der Waals surface area contributed by atoms with Crippen LogP contribution in [-0.4, -0.2) is 75.0 Å². The van der Waals surface area contributed by atoms with E-state index < -0.39 is 17.8 Å². The maximum absolute atomic E-state index is 11.8. The summed E-state index contributed by atoms with van der Waals surface area (Å²) in [7, 11) is 0. The van der Waals surface area contributed by atoms with E-state index in [0.717, 1.165) is 0 Å². The number of hydrogen-bond acceptors (Lipinski definition) is 8. The van der Waals surface area contributed by atoms with Crippen LogP contribution in [0.5, 0.6) is 0 Å². The normalized spacial score (nSPS) is 11.6. The quantitative estimate of drug-likeness (QED) is 0.283. The second-order valence-corrected chi connectivity index (χ2v) is 7.17. The van der Waals surface area contributed by atoms with Crippen LogP contribution in [0.25, 0.3) is 0 Å². The maximum atomic E-state index is 11.8. The Morgan fingerprint density at radius 1 is 0.824 bits per heavy atom. The van der Waals surface area contributed by atoms with Crippen LogP contribution in [0.2, 0.25) is 0 Å². The van der Waals surface area contributed by atoms with E-state index in [1.807, 2.05) is 27.7 Å². The molecule has 12 heteroatoms. The molecule has 0 fully saturated rings. The first-order valence-electron chi connectivity index (χ1n) is 11.3. The van der Waals surface area contributed by atoms with Crippen LogP contribution in [0, 0.1) is 11.8 Å². The number of primary amides is 1. The van der Waals surface area contributed by atoms with Crippen LogP contribution in [-0.2, 0) is 9.59 Å². The highest BCUT2D eigenvalue weighted by atomic mass is 16.4. The predicted molar refractivity (Wildman–Crippen MR) is 128 cm³/mol. The Morgan fingerprint density at radius 3 is 1.41 bits per heavy atom. The van der Waals surface area contributed by atoms with Crippen molar-refractivity contribution in [2.75, 3.05) is 26.2 Å². The van der Waals surface area contributed by atoms with Crippen LogP contribution in [0.3, 0.4) is 0 Å². The Kier molecular flexibility index (Phi) is 18.8. The highest BCUT2D eigenvalue weighted by Gasteiger charge is 2.15. The lowest BCUT2D eigenvalue weighted by molar-refractivity contribution is -0.142. The largest absolute Gasteiger partial charge is 0.481 e. The summed E-state index contributed by atoms with van der Waals surface area (Å²) in [5, 5.41) is 16.9. The van der Waals surface area contributed by atoms with Crippen LogP contribution in [0.15, 0.2) is 12.4 Å². The van der Waals surface area contributed by atoms with Crippen molar-refractivity contribution in [2.45, 2.75) is 53.4 Å². The number of carboxylic acids is 2. The Morgan fingerprint density at radius 2 is 1.21 bits per heavy atom. The first kappa shape index (κ1) is 33.1. The van der Waals surface area contributed by atoms with E-state index in [4.69, 9.17) is 27.4 Å². The minimum Gasteiger partial charge on any atom is -0.481 e. The van der Waals surface area contributed by atoms with Gasteiger partial charge in [0.25, 0.3) is 11.8 Å². The molecular formula is C22H40N6O6. The van der Waals surface area contributed by atoms with E-state index in [0.29, 0.717) is 51.9 Å². The summed E-state index contributed by atoms with van der Waals surface area (Å²) in [6.45, 7) is 9.61. The zero-order chi connectivity index (χ0) is 26.7. The molecule has 0 saturated carbocycles. The van der Waals surface area contributed by atoms with Crippen molar-refractivity contribution in [3.05, 3.63) is 23.8 Å². The van der Waals surface area contributed by atoms with E-state index in [1.165, 1.54) is 12.4 Å². The molecule has 2 unspecified atom stereocenters. The van der Waals surface area contributed by atoms with Gasteiger partial charge in [0, 0.05) is 13.1 Å². The highest BCUT2D eigenvalue weighted by molar-refractivity contribution is 5.93. The van der Waals surface area contributed by atoms with Gasteiger partial charge in [-0.3, -0.25) is 19.2 Å². The van der Waals surface area contributed by atoms with Gasteiger partial charge >= 0.3 is 11.9 Å². The van der Waals surface area contributed by atoms with Gasteiger partial charge < -0.3 is 32.3 Å². The van der Waals surface area contributed by atoms with E-state index in [9.17, 15) is 19.2 Å². The maximum Gasteiger partial charge on any atom is 0.306 e. The molecule has 0 bridgehead atoms. The van der Waals surface area contributed by atoms with Gasteiger partial charge in [-0.25, -0.2) is 9.97 Å². The van der Waals surface area contributed by atoms with Gasteiger partial charge in [0.15, 0.2) is 0 Å². The van der Waals surface area contributed by atoms with Crippen molar-refractivity contribution in [3.8, 4) is 0 Å². The van der Waals surface area contributed by atoms with Gasteiger partial charge in [-0.05, 0) is 52.6 Å². The molecule has 8 N–H and O–H groups in total. The molecule has 194 valence electrons. The Labute approximate surface area is 200 Å². The average molecular weight is 485 g/mol. The highest BCUT2D eigenvalue weighted by Crippen LogP contribution is 2.06. The summed E-state index contributed by atoms with van der Waals surface area (Å²) in [6.07, 6.45) is 5.00. The summed E-state index contributed by atoms with van der Waals surface area (Å²) in [5.41, 5.74) is 15.6. The van der Waals surface area contributed by atoms with Gasteiger partial charge in [-0.1, -0.05) is 13.8 Å². The lowest BCUT2D eigenvalue weighted by atomic mass is 10.0. The van der Waals surface area contributed by atoms with E-state index in [1.54, 1.807) is 4.90 Å². The molecule has 1 rings (SSSR count). The standard InChI is InChI=1S/C10H14N4O2.2C6H13NO2/c1-3-14(4-2)10(16)8-6-12-7(5-13-8)9(11)15;2*1-2-5(3-4-7)6(8)9/h5-6H,3-4H2,1-2H3,(H2,11,15);2*5H,2-4,7H2,1H3,(H,8,9). The van der Waals surface area contributed by atoms with E-state index in [-0.39, 0.29) is 29.1 Å². The molecule has 0 aliphatic heterocycles. The zero-order valence-electron chi connectivity index (χ0n) is 20.6. The molecule has 0 radical (unpaired) electrons. The molecule has 0 saturated heterocycles. The summed E-state index contributed by atoms with van der Waals surface area (Å²) < 4.78 is 0.